The first-order chi connectivity index (χ1) is 9.11. The zero-order valence-corrected chi connectivity index (χ0v) is 10.8. The molecule has 2 N–H and O–H groups in total. The van der Waals surface area contributed by atoms with Crippen LogP contribution in [0.4, 0.5) is 5.69 Å². The Balaban J connectivity index is 2.20. The van der Waals surface area contributed by atoms with Crippen molar-refractivity contribution in [2.24, 2.45) is 0 Å². The SMILES string of the molecule is COC(=O)/C=C/C(=O)OCCCc1ccc(N)cc1. The summed E-state index contributed by atoms with van der Waals surface area (Å²) < 4.78 is 9.27. The van der Waals surface area contributed by atoms with E-state index in [1.807, 2.05) is 24.3 Å². The molecular formula is C14H17NO4. The Kier molecular flexibility index (Phi) is 6.15. The number of carbonyl (C=O) groups excluding carboxylic acids is 2. The molecule has 0 spiro atoms. The number of rotatable bonds is 6. The predicted molar refractivity (Wildman–Crippen MR) is 71.3 cm³/mol. The van der Waals surface area contributed by atoms with Crippen LogP contribution in [0.15, 0.2) is 36.4 Å². The Morgan fingerprint density at radius 1 is 1.16 bits per heavy atom. The Morgan fingerprint density at radius 2 is 1.79 bits per heavy atom. The van der Waals surface area contributed by atoms with Crippen LogP contribution in [0.3, 0.4) is 0 Å². The Labute approximate surface area is 112 Å². The first-order valence-electron chi connectivity index (χ1n) is 5.89. The summed E-state index contributed by atoms with van der Waals surface area (Å²) in [6.07, 6.45) is 3.59. The number of benzene rings is 1. The lowest BCUT2D eigenvalue weighted by Gasteiger charge is -2.03. The van der Waals surface area contributed by atoms with Crippen molar-refractivity contribution in [2.75, 3.05) is 19.5 Å². The van der Waals surface area contributed by atoms with Gasteiger partial charge in [0.05, 0.1) is 13.7 Å². The lowest BCUT2D eigenvalue weighted by Crippen LogP contribution is -2.05. The van der Waals surface area contributed by atoms with Crippen molar-refractivity contribution < 1.29 is 19.1 Å². The number of esters is 2. The summed E-state index contributed by atoms with van der Waals surface area (Å²) in [5.74, 6) is -1.14. The highest BCUT2D eigenvalue weighted by Gasteiger charge is 2.00. The van der Waals surface area contributed by atoms with Crippen molar-refractivity contribution in [3.05, 3.63) is 42.0 Å². The third-order valence-corrected chi connectivity index (χ3v) is 2.39. The fourth-order valence-electron chi connectivity index (χ4n) is 1.39. The van der Waals surface area contributed by atoms with Gasteiger partial charge in [0.2, 0.25) is 0 Å². The predicted octanol–water partition coefficient (Wildman–Crippen LogP) is 1.47. The van der Waals surface area contributed by atoms with E-state index in [1.54, 1.807) is 0 Å². The summed E-state index contributed by atoms with van der Waals surface area (Å²) in [7, 11) is 1.24. The molecule has 0 saturated carbocycles. The van der Waals surface area contributed by atoms with Crippen molar-refractivity contribution in [3.8, 4) is 0 Å². The van der Waals surface area contributed by atoms with Crippen LogP contribution in [-0.4, -0.2) is 25.7 Å². The van der Waals surface area contributed by atoms with E-state index in [1.165, 1.54) is 7.11 Å². The zero-order chi connectivity index (χ0) is 14.1. The molecule has 5 heteroatoms. The fraction of sp³-hybridized carbons (Fsp3) is 0.286. The van der Waals surface area contributed by atoms with Crippen LogP contribution in [0.5, 0.6) is 0 Å². The van der Waals surface area contributed by atoms with E-state index >= 15 is 0 Å². The quantitative estimate of drug-likeness (QED) is 0.364. The van der Waals surface area contributed by atoms with Gasteiger partial charge in [0.15, 0.2) is 0 Å². The highest BCUT2D eigenvalue weighted by molar-refractivity contribution is 5.91. The molecule has 0 aliphatic carbocycles. The van der Waals surface area contributed by atoms with Gasteiger partial charge in [-0.15, -0.1) is 0 Å². The average molecular weight is 263 g/mol. The molecule has 1 rings (SSSR count). The van der Waals surface area contributed by atoms with Crippen LogP contribution >= 0.6 is 0 Å². The maximum atomic E-state index is 11.2. The second-order valence-electron chi connectivity index (χ2n) is 3.87. The smallest absolute Gasteiger partial charge is 0.331 e. The standard InChI is InChI=1S/C14H17NO4/c1-18-13(16)8-9-14(17)19-10-2-3-11-4-6-12(15)7-5-11/h4-9H,2-3,10,15H2,1H3/b9-8+. The molecule has 1 aromatic carbocycles. The summed E-state index contributed by atoms with van der Waals surface area (Å²) in [5, 5.41) is 0. The van der Waals surface area contributed by atoms with Gasteiger partial charge in [0.25, 0.3) is 0 Å². The molecule has 0 bridgehead atoms. The average Bonchev–Trinajstić information content (AvgIpc) is 2.42. The van der Waals surface area contributed by atoms with Gasteiger partial charge in [-0.05, 0) is 30.5 Å². The number of nitrogen functional groups attached to an aromatic ring is 1. The molecule has 0 amide bonds. The van der Waals surface area contributed by atoms with Gasteiger partial charge in [0, 0.05) is 17.8 Å². The van der Waals surface area contributed by atoms with Gasteiger partial charge in [-0.3, -0.25) is 0 Å². The first-order valence-corrected chi connectivity index (χ1v) is 5.89. The number of anilines is 1. The van der Waals surface area contributed by atoms with Crippen LogP contribution in [-0.2, 0) is 25.5 Å². The highest BCUT2D eigenvalue weighted by atomic mass is 16.5. The molecule has 0 fully saturated rings. The fourth-order valence-corrected chi connectivity index (χ4v) is 1.39. The van der Waals surface area contributed by atoms with Crippen LogP contribution in [0.25, 0.3) is 0 Å². The van der Waals surface area contributed by atoms with Crippen molar-refractivity contribution in [3.63, 3.8) is 0 Å². The summed E-state index contributed by atoms with van der Waals surface area (Å²) in [5.41, 5.74) is 7.44. The molecule has 0 aliphatic rings. The summed E-state index contributed by atoms with van der Waals surface area (Å²) in [6, 6.07) is 7.55. The van der Waals surface area contributed by atoms with Gasteiger partial charge < -0.3 is 15.2 Å². The highest BCUT2D eigenvalue weighted by Crippen LogP contribution is 2.07. The van der Waals surface area contributed by atoms with Gasteiger partial charge in [0.1, 0.15) is 0 Å². The minimum atomic E-state index is -0.584. The number of carbonyl (C=O) groups is 2. The third kappa shape index (κ3) is 6.26. The van der Waals surface area contributed by atoms with Crippen molar-refractivity contribution in [1.82, 2.24) is 0 Å². The maximum Gasteiger partial charge on any atom is 0.331 e. The number of hydrogen-bond acceptors (Lipinski definition) is 5. The molecule has 0 radical (unpaired) electrons. The molecule has 5 nitrogen and oxygen atoms in total. The zero-order valence-electron chi connectivity index (χ0n) is 10.8. The third-order valence-electron chi connectivity index (χ3n) is 2.39. The molecule has 0 aliphatic heterocycles. The van der Waals surface area contributed by atoms with Gasteiger partial charge >= 0.3 is 11.9 Å². The van der Waals surface area contributed by atoms with Gasteiger partial charge in [-0.25, -0.2) is 9.59 Å². The van der Waals surface area contributed by atoms with E-state index in [4.69, 9.17) is 10.5 Å². The molecule has 19 heavy (non-hydrogen) atoms. The largest absolute Gasteiger partial charge is 0.466 e. The molecule has 0 atom stereocenters. The van der Waals surface area contributed by atoms with Gasteiger partial charge in [-0.1, -0.05) is 12.1 Å². The summed E-state index contributed by atoms with van der Waals surface area (Å²) >= 11 is 0. The van der Waals surface area contributed by atoms with Crippen molar-refractivity contribution >= 4 is 17.6 Å². The Bertz CT molecular complexity index is 451. The molecule has 0 unspecified atom stereocenters. The van der Waals surface area contributed by atoms with Crippen LogP contribution in [0, 0.1) is 0 Å². The number of methoxy groups -OCH3 is 1. The number of nitrogens with two attached hydrogens (primary N) is 1. The number of ether oxygens (including phenoxy) is 2. The lowest BCUT2D eigenvalue weighted by atomic mass is 10.1. The maximum absolute atomic E-state index is 11.2. The van der Waals surface area contributed by atoms with Crippen LogP contribution < -0.4 is 5.73 Å². The number of aryl methyl sites for hydroxylation is 1. The van der Waals surface area contributed by atoms with Crippen molar-refractivity contribution in [1.29, 1.82) is 0 Å². The lowest BCUT2D eigenvalue weighted by molar-refractivity contribution is -0.139. The second kappa shape index (κ2) is 7.92. The number of hydrogen-bond donors (Lipinski definition) is 1. The summed E-state index contributed by atoms with van der Waals surface area (Å²) in [6.45, 7) is 0.300. The van der Waals surface area contributed by atoms with Crippen molar-refractivity contribution in [2.45, 2.75) is 12.8 Å². The molecule has 0 heterocycles. The molecule has 1 aromatic rings. The van der Waals surface area contributed by atoms with Gasteiger partial charge in [-0.2, -0.15) is 0 Å². The molecule has 0 aromatic heterocycles. The monoisotopic (exact) mass is 263 g/mol. The van der Waals surface area contributed by atoms with E-state index in [9.17, 15) is 9.59 Å². The van der Waals surface area contributed by atoms with E-state index < -0.39 is 11.9 Å². The van der Waals surface area contributed by atoms with E-state index in [-0.39, 0.29) is 0 Å². The minimum absolute atomic E-state index is 0.300. The second-order valence-corrected chi connectivity index (χ2v) is 3.87. The van der Waals surface area contributed by atoms with E-state index in [0.717, 1.165) is 29.8 Å². The van der Waals surface area contributed by atoms with E-state index in [0.29, 0.717) is 13.0 Å². The normalized spacial score (nSPS) is 10.4. The van der Waals surface area contributed by atoms with Crippen LogP contribution in [0.2, 0.25) is 0 Å². The Morgan fingerprint density at radius 3 is 2.42 bits per heavy atom. The summed E-state index contributed by atoms with van der Waals surface area (Å²) in [4.78, 5) is 21.9. The topological polar surface area (TPSA) is 78.6 Å². The molecule has 102 valence electrons. The van der Waals surface area contributed by atoms with E-state index in [2.05, 4.69) is 4.74 Å². The Hall–Kier alpha value is -2.30. The molecular weight excluding hydrogens is 246 g/mol. The molecule has 0 saturated heterocycles. The first kappa shape index (κ1) is 14.8. The van der Waals surface area contributed by atoms with Crippen LogP contribution in [0.1, 0.15) is 12.0 Å². The minimum Gasteiger partial charge on any atom is -0.466 e.